The molecule has 4 aromatic rings. The highest BCUT2D eigenvalue weighted by atomic mass is 16.5. The number of amides is 2. The largest absolute Gasteiger partial charge is 0.550 e. The average Bonchev–Trinajstić information content (AvgIpc) is 3.05. The quantitative estimate of drug-likeness (QED) is 0.188. The maximum atomic E-state index is 13.7. The molecule has 45 heavy (non-hydrogen) atoms. The summed E-state index contributed by atoms with van der Waals surface area (Å²) in [6, 6.07) is 33.8. The van der Waals surface area contributed by atoms with Crippen LogP contribution in [-0.2, 0) is 32.0 Å². The Bertz CT molecular complexity index is 1530. The molecule has 7 heteroatoms. The Balaban J connectivity index is 1.49. The van der Waals surface area contributed by atoms with E-state index in [1.54, 1.807) is 7.11 Å². The van der Waals surface area contributed by atoms with Gasteiger partial charge in [-0.25, -0.2) is 0 Å². The van der Waals surface area contributed by atoms with Crippen LogP contribution in [-0.4, -0.2) is 37.5 Å². The van der Waals surface area contributed by atoms with Gasteiger partial charge in [0.15, 0.2) is 0 Å². The maximum Gasteiger partial charge on any atom is 0.243 e. The Hall–Kier alpha value is -4.75. The molecule has 3 unspecified atom stereocenters. The standard InChI is InChI=1S/C38H42N2O5/c1-27-14-12-21-31(36(27)30-19-10-5-11-20-30)22-13-23-32(25-35(41)42)37(43)39-33(24-28-15-6-3-7-16-28)38(44)40-34(26-45-2)29-17-8-4-9-18-29/h3-12,14-21,32-34H,13,22-26H2,1-2H3,(H,39,43)(H,40,44)(H,41,42)/p-1. The van der Waals surface area contributed by atoms with Gasteiger partial charge in [-0.15, -0.1) is 0 Å². The highest BCUT2D eigenvalue weighted by Gasteiger charge is 2.28. The third-order valence-corrected chi connectivity index (χ3v) is 7.97. The lowest BCUT2D eigenvalue weighted by atomic mass is 9.90. The number of carboxylic acid groups (broad SMARTS) is 1. The molecule has 0 aliphatic heterocycles. The summed E-state index contributed by atoms with van der Waals surface area (Å²) >= 11 is 0. The summed E-state index contributed by atoms with van der Waals surface area (Å²) in [5.41, 5.74) is 6.30. The minimum absolute atomic E-state index is 0.245. The van der Waals surface area contributed by atoms with Crippen LogP contribution in [0.5, 0.6) is 0 Å². The van der Waals surface area contributed by atoms with E-state index in [2.05, 4.69) is 41.8 Å². The highest BCUT2D eigenvalue weighted by molar-refractivity contribution is 5.90. The van der Waals surface area contributed by atoms with E-state index < -0.39 is 36.3 Å². The molecular formula is C38H41N2O5-. The Morgan fingerprint density at radius 1 is 0.778 bits per heavy atom. The van der Waals surface area contributed by atoms with Gasteiger partial charge in [0.2, 0.25) is 11.8 Å². The van der Waals surface area contributed by atoms with E-state index in [0.29, 0.717) is 19.3 Å². The summed E-state index contributed by atoms with van der Waals surface area (Å²) in [7, 11) is 1.56. The van der Waals surface area contributed by atoms with Crippen LogP contribution < -0.4 is 15.7 Å². The predicted octanol–water partition coefficient (Wildman–Crippen LogP) is 4.97. The first-order valence-electron chi connectivity index (χ1n) is 15.4. The molecule has 0 radical (unpaired) electrons. The van der Waals surface area contributed by atoms with Gasteiger partial charge >= 0.3 is 0 Å². The third-order valence-electron chi connectivity index (χ3n) is 7.97. The summed E-state index contributed by atoms with van der Waals surface area (Å²) in [5.74, 6) is -3.01. The number of rotatable bonds is 16. The molecule has 4 aromatic carbocycles. The molecule has 0 aliphatic carbocycles. The molecule has 0 bridgehead atoms. The van der Waals surface area contributed by atoms with Crippen molar-refractivity contribution in [2.75, 3.05) is 13.7 Å². The number of benzene rings is 4. The van der Waals surface area contributed by atoms with E-state index in [1.165, 1.54) is 0 Å². The number of carboxylic acids is 1. The average molecular weight is 606 g/mol. The monoisotopic (exact) mass is 605 g/mol. The normalized spacial score (nSPS) is 12.9. The predicted molar refractivity (Wildman–Crippen MR) is 174 cm³/mol. The van der Waals surface area contributed by atoms with Gasteiger partial charge < -0.3 is 25.3 Å². The molecule has 2 N–H and O–H groups in total. The summed E-state index contributed by atoms with van der Waals surface area (Å²) < 4.78 is 5.37. The second kappa shape index (κ2) is 16.9. The highest BCUT2D eigenvalue weighted by Crippen LogP contribution is 2.29. The zero-order valence-electron chi connectivity index (χ0n) is 25.9. The van der Waals surface area contributed by atoms with Crippen LogP contribution in [0.15, 0.2) is 109 Å². The van der Waals surface area contributed by atoms with Gasteiger partial charge in [-0.1, -0.05) is 109 Å². The molecule has 3 atom stereocenters. The zero-order chi connectivity index (χ0) is 32.0. The van der Waals surface area contributed by atoms with Crippen molar-refractivity contribution in [3.8, 4) is 11.1 Å². The number of carbonyl (C=O) groups excluding carboxylic acids is 3. The van der Waals surface area contributed by atoms with Crippen molar-refractivity contribution in [2.24, 2.45) is 5.92 Å². The lowest BCUT2D eigenvalue weighted by Gasteiger charge is -2.26. The SMILES string of the molecule is COCC(NC(=O)C(Cc1ccccc1)NC(=O)C(CCCc1cccc(C)c1-c1ccccc1)CC(=O)[O-])c1ccccc1. The summed E-state index contributed by atoms with van der Waals surface area (Å²) in [6.07, 6.45) is 1.41. The minimum atomic E-state index is -1.30. The van der Waals surface area contributed by atoms with E-state index in [0.717, 1.165) is 33.4 Å². The molecule has 2 amide bonds. The second-order valence-corrected chi connectivity index (χ2v) is 11.3. The topological polar surface area (TPSA) is 108 Å². The first-order chi connectivity index (χ1) is 21.9. The van der Waals surface area contributed by atoms with Crippen molar-refractivity contribution in [3.05, 3.63) is 131 Å². The molecule has 4 rings (SSSR count). The van der Waals surface area contributed by atoms with Crippen LogP contribution in [0.25, 0.3) is 11.1 Å². The van der Waals surface area contributed by atoms with E-state index in [4.69, 9.17) is 4.74 Å². The van der Waals surface area contributed by atoms with Gasteiger partial charge in [0, 0.05) is 25.4 Å². The fourth-order valence-corrected chi connectivity index (χ4v) is 5.71. The Morgan fingerprint density at radius 3 is 2.07 bits per heavy atom. The van der Waals surface area contributed by atoms with Crippen molar-refractivity contribution in [1.82, 2.24) is 10.6 Å². The lowest BCUT2D eigenvalue weighted by Crippen LogP contribution is -2.51. The van der Waals surface area contributed by atoms with Crippen LogP contribution in [0, 0.1) is 12.8 Å². The van der Waals surface area contributed by atoms with Crippen molar-refractivity contribution in [1.29, 1.82) is 0 Å². The molecular weight excluding hydrogens is 564 g/mol. The minimum Gasteiger partial charge on any atom is -0.550 e. The first kappa shape index (κ1) is 33.1. The molecule has 0 heterocycles. The summed E-state index contributed by atoms with van der Waals surface area (Å²) in [4.78, 5) is 39.1. The first-order valence-corrected chi connectivity index (χ1v) is 15.4. The van der Waals surface area contributed by atoms with E-state index in [1.807, 2.05) is 84.9 Å². The van der Waals surface area contributed by atoms with Crippen molar-refractivity contribution in [2.45, 2.75) is 51.1 Å². The Kier molecular flexibility index (Phi) is 12.5. The number of aryl methyl sites for hydroxylation is 2. The van der Waals surface area contributed by atoms with Crippen molar-refractivity contribution >= 4 is 17.8 Å². The molecule has 7 nitrogen and oxygen atoms in total. The molecule has 0 fully saturated rings. The van der Waals surface area contributed by atoms with Crippen molar-refractivity contribution < 1.29 is 24.2 Å². The lowest BCUT2D eigenvalue weighted by molar-refractivity contribution is -0.306. The van der Waals surface area contributed by atoms with E-state index in [9.17, 15) is 19.5 Å². The van der Waals surface area contributed by atoms with Gasteiger partial charge in [-0.05, 0) is 66.0 Å². The maximum absolute atomic E-state index is 13.7. The number of hydrogen-bond acceptors (Lipinski definition) is 5. The molecule has 234 valence electrons. The van der Waals surface area contributed by atoms with Gasteiger partial charge in [-0.3, -0.25) is 9.59 Å². The third kappa shape index (κ3) is 9.88. The molecule has 0 aromatic heterocycles. The number of methoxy groups -OCH3 is 1. The molecule has 0 saturated carbocycles. The Labute approximate surface area is 265 Å². The second-order valence-electron chi connectivity index (χ2n) is 11.3. The van der Waals surface area contributed by atoms with Crippen LogP contribution >= 0.6 is 0 Å². The number of nitrogens with one attached hydrogen (secondary N) is 2. The van der Waals surface area contributed by atoms with Crippen LogP contribution in [0.3, 0.4) is 0 Å². The van der Waals surface area contributed by atoms with Crippen LogP contribution in [0.2, 0.25) is 0 Å². The zero-order valence-corrected chi connectivity index (χ0v) is 25.9. The van der Waals surface area contributed by atoms with Gasteiger partial charge in [0.25, 0.3) is 0 Å². The van der Waals surface area contributed by atoms with Crippen molar-refractivity contribution in [3.63, 3.8) is 0 Å². The van der Waals surface area contributed by atoms with E-state index >= 15 is 0 Å². The number of aliphatic carboxylic acids is 1. The van der Waals surface area contributed by atoms with E-state index in [-0.39, 0.29) is 18.9 Å². The van der Waals surface area contributed by atoms with Crippen LogP contribution in [0.4, 0.5) is 0 Å². The van der Waals surface area contributed by atoms with Gasteiger partial charge in [0.05, 0.1) is 12.6 Å². The summed E-state index contributed by atoms with van der Waals surface area (Å²) in [6.45, 7) is 2.32. The summed E-state index contributed by atoms with van der Waals surface area (Å²) in [5, 5.41) is 17.6. The smallest absolute Gasteiger partial charge is 0.243 e. The molecule has 0 aliphatic rings. The van der Waals surface area contributed by atoms with Gasteiger partial charge in [0.1, 0.15) is 6.04 Å². The number of ether oxygens (including phenoxy) is 1. The Morgan fingerprint density at radius 2 is 1.42 bits per heavy atom. The number of carbonyl (C=O) groups is 3. The molecule has 0 spiro atoms. The van der Waals surface area contributed by atoms with Gasteiger partial charge in [-0.2, -0.15) is 0 Å². The fourth-order valence-electron chi connectivity index (χ4n) is 5.71. The van der Waals surface area contributed by atoms with Crippen LogP contribution in [0.1, 0.15) is 47.6 Å². The fraction of sp³-hybridized carbons (Fsp3) is 0.289. The molecule has 0 saturated heterocycles. The number of hydrogen-bond donors (Lipinski definition) is 2.